The van der Waals surface area contributed by atoms with Gasteiger partial charge in [0.15, 0.2) is 0 Å². The zero-order valence-electron chi connectivity index (χ0n) is 17.8. The van der Waals surface area contributed by atoms with Gasteiger partial charge in [-0.1, -0.05) is 127 Å². The van der Waals surface area contributed by atoms with Crippen molar-refractivity contribution in [2.75, 3.05) is 0 Å². The van der Waals surface area contributed by atoms with E-state index < -0.39 is 0 Å². The van der Waals surface area contributed by atoms with Gasteiger partial charge in [-0.3, -0.25) is 0 Å². The van der Waals surface area contributed by atoms with Gasteiger partial charge in [-0.05, 0) is 41.5 Å². The van der Waals surface area contributed by atoms with Gasteiger partial charge < -0.3 is 0 Å². The Morgan fingerprint density at radius 2 is 1.15 bits per heavy atom. The molecule has 0 aliphatic carbocycles. The summed E-state index contributed by atoms with van der Waals surface area (Å²) in [6, 6.07) is 17.9. The first-order valence-electron chi connectivity index (χ1n) is 11.5. The summed E-state index contributed by atoms with van der Waals surface area (Å²) in [4.78, 5) is 0. The highest BCUT2D eigenvalue weighted by Crippen LogP contribution is 2.29. The van der Waals surface area contributed by atoms with E-state index in [2.05, 4.69) is 62.4 Å². The SMILES string of the molecule is CCCCCCCCCCCCc1c(CCC)cccc1-c1ccccc1. The second kappa shape index (κ2) is 13.6. The summed E-state index contributed by atoms with van der Waals surface area (Å²) in [7, 11) is 0. The molecule has 0 saturated carbocycles. The molecule has 0 heteroatoms. The fraction of sp³-hybridized carbons (Fsp3) is 0.556. The summed E-state index contributed by atoms with van der Waals surface area (Å²) in [5.41, 5.74) is 6.00. The van der Waals surface area contributed by atoms with Crippen molar-refractivity contribution in [2.45, 2.75) is 97.3 Å². The quantitative estimate of drug-likeness (QED) is 0.294. The molecule has 0 aliphatic heterocycles. The number of aryl methyl sites for hydroxylation is 1. The summed E-state index contributed by atoms with van der Waals surface area (Å²) in [5, 5.41) is 0. The van der Waals surface area contributed by atoms with Crippen LogP contribution in [0.2, 0.25) is 0 Å². The van der Waals surface area contributed by atoms with Gasteiger partial charge in [0.05, 0.1) is 0 Å². The largest absolute Gasteiger partial charge is 0.0654 e. The van der Waals surface area contributed by atoms with Crippen molar-refractivity contribution in [1.82, 2.24) is 0 Å². The Bertz CT molecular complexity index is 611. The standard InChI is InChI=1S/C27H40/c1-3-5-6-7-8-9-10-11-12-16-22-26-24(18-4-2)21-17-23-27(26)25-19-14-13-15-20-25/h13-15,17,19-21,23H,3-12,16,18,22H2,1-2H3. The van der Waals surface area contributed by atoms with E-state index in [0.29, 0.717) is 0 Å². The smallest absolute Gasteiger partial charge is 0.0149 e. The molecule has 0 fully saturated rings. The van der Waals surface area contributed by atoms with Crippen LogP contribution in [0, 0.1) is 0 Å². The molecule has 0 aromatic heterocycles. The third-order valence-corrected chi connectivity index (χ3v) is 5.66. The van der Waals surface area contributed by atoms with Gasteiger partial charge in [-0.15, -0.1) is 0 Å². The molecule has 2 aromatic carbocycles. The van der Waals surface area contributed by atoms with Crippen LogP contribution in [0.25, 0.3) is 11.1 Å². The fourth-order valence-electron chi connectivity index (χ4n) is 4.11. The molecule has 2 rings (SSSR count). The summed E-state index contributed by atoms with van der Waals surface area (Å²) >= 11 is 0. The van der Waals surface area contributed by atoms with Gasteiger partial charge in [0.25, 0.3) is 0 Å². The van der Waals surface area contributed by atoms with Gasteiger partial charge >= 0.3 is 0 Å². The number of rotatable bonds is 14. The molecule has 0 N–H and O–H groups in total. The van der Waals surface area contributed by atoms with Crippen LogP contribution in [0.1, 0.15) is 95.6 Å². The van der Waals surface area contributed by atoms with Crippen molar-refractivity contribution in [3.05, 3.63) is 59.7 Å². The van der Waals surface area contributed by atoms with E-state index in [1.54, 1.807) is 11.1 Å². The van der Waals surface area contributed by atoms with Crippen LogP contribution in [0.15, 0.2) is 48.5 Å². The van der Waals surface area contributed by atoms with Crippen LogP contribution in [0.4, 0.5) is 0 Å². The predicted molar refractivity (Wildman–Crippen MR) is 121 cm³/mol. The average molecular weight is 365 g/mol. The minimum atomic E-state index is 1.20. The van der Waals surface area contributed by atoms with Crippen molar-refractivity contribution in [1.29, 1.82) is 0 Å². The highest BCUT2D eigenvalue weighted by atomic mass is 14.1. The minimum absolute atomic E-state index is 1.20. The highest BCUT2D eigenvalue weighted by molar-refractivity contribution is 5.68. The molecule has 0 bridgehead atoms. The first-order valence-corrected chi connectivity index (χ1v) is 11.5. The molecule has 0 aliphatic rings. The highest BCUT2D eigenvalue weighted by Gasteiger charge is 2.09. The maximum Gasteiger partial charge on any atom is -0.0149 e. The van der Waals surface area contributed by atoms with Crippen molar-refractivity contribution in [3.63, 3.8) is 0 Å². The van der Waals surface area contributed by atoms with E-state index in [4.69, 9.17) is 0 Å². The molecule has 2 aromatic rings. The van der Waals surface area contributed by atoms with E-state index in [0.717, 1.165) is 0 Å². The van der Waals surface area contributed by atoms with Crippen molar-refractivity contribution in [2.24, 2.45) is 0 Å². The summed E-state index contributed by atoms with van der Waals surface area (Å²) < 4.78 is 0. The third kappa shape index (κ3) is 7.91. The summed E-state index contributed by atoms with van der Waals surface area (Å²) in [6.07, 6.45) is 17.7. The van der Waals surface area contributed by atoms with Gasteiger partial charge in [0.2, 0.25) is 0 Å². The van der Waals surface area contributed by atoms with E-state index in [9.17, 15) is 0 Å². The Morgan fingerprint density at radius 3 is 1.78 bits per heavy atom. The zero-order valence-corrected chi connectivity index (χ0v) is 17.8. The van der Waals surface area contributed by atoms with E-state index in [1.807, 2.05) is 0 Å². The summed E-state index contributed by atoms with van der Waals surface area (Å²) in [6.45, 7) is 4.58. The normalized spacial score (nSPS) is 11.0. The second-order valence-corrected chi connectivity index (χ2v) is 7.99. The molecule has 0 spiro atoms. The molecule has 0 nitrogen and oxygen atoms in total. The molecule has 0 heterocycles. The molecule has 0 unspecified atom stereocenters. The van der Waals surface area contributed by atoms with Gasteiger partial charge in [0.1, 0.15) is 0 Å². The molecule has 0 amide bonds. The Balaban J connectivity index is 1.82. The van der Waals surface area contributed by atoms with Crippen LogP contribution >= 0.6 is 0 Å². The van der Waals surface area contributed by atoms with Crippen LogP contribution in [0.5, 0.6) is 0 Å². The van der Waals surface area contributed by atoms with Crippen molar-refractivity contribution >= 4 is 0 Å². The lowest BCUT2D eigenvalue weighted by molar-refractivity contribution is 0.556. The second-order valence-electron chi connectivity index (χ2n) is 7.99. The molecule has 0 atom stereocenters. The minimum Gasteiger partial charge on any atom is -0.0654 e. The van der Waals surface area contributed by atoms with Gasteiger partial charge in [-0.2, -0.15) is 0 Å². The molecule has 0 saturated heterocycles. The number of benzene rings is 2. The maximum absolute atomic E-state index is 2.35. The summed E-state index contributed by atoms with van der Waals surface area (Å²) in [5.74, 6) is 0. The lowest BCUT2D eigenvalue weighted by Gasteiger charge is -2.15. The molecule has 148 valence electrons. The molecular weight excluding hydrogens is 324 g/mol. The number of hydrogen-bond acceptors (Lipinski definition) is 0. The monoisotopic (exact) mass is 364 g/mol. The molecule has 0 radical (unpaired) electrons. The Hall–Kier alpha value is -1.56. The lowest BCUT2D eigenvalue weighted by Crippen LogP contribution is -1.98. The van der Waals surface area contributed by atoms with Crippen LogP contribution in [0.3, 0.4) is 0 Å². The van der Waals surface area contributed by atoms with Crippen LogP contribution in [-0.4, -0.2) is 0 Å². The fourth-order valence-corrected chi connectivity index (χ4v) is 4.11. The lowest BCUT2D eigenvalue weighted by atomic mass is 9.90. The predicted octanol–water partition coefficient (Wildman–Crippen LogP) is 8.77. The Labute approximate surface area is 168 Å². The zero-order chi connectivity index (χ0) is 19.2. The Kier molecular flexibility index (Phi) is 10.9. The average Bonchev–Trinajstić information content (AvgIpc) is 2.71. The molecule has 27 heavy (non-hydrogen) atoms. The van der Waals surface area contributed by atoms with Crippen molar-refractivity contribution in [3.8, 4) is 11.1 Å². The topological polar surface area (TPSA) is 0 Å². The first-order chi connectivity index (χ1) is 13.4. The first kappa shape index (κ1) is 21.7. The number of unbranched alkanes of at least 4 members (excludes halogenated alkanes) is 9. The van der Waals surface area contributed by atoms with Gasteiger partial charge in [0, 0.05) is 0 Å². The Morgan fingerprint density at radius 1 is 0.519 bits per heavy atom. The van der Waals surface area contributed by atoms with E-state index >= 15 is 0 Å². The maximum atomic E-state index is 2.35. The number of hydrogen-bond donors (Lipinski definition) is 0. The van der Waals surface area contributed by atoms with Crippen LogP contribution < -0.4 is 0 Å². The molecular formula is C27H40. The van der Waals surface area contributed by atoms with Crippen LogP contribution in [-0.2, 0) is 12.8 Å². The van der Waals surface area contributed by atoms with Crippen molar-refractivity contribution < 1.29 is 0 Å². The van der Waals surface area contributed by atoms with Gasteiger partial charge in [-0.25, -0.2) is 0 Å². The van der Waals surface area contributed by atoms with E-state index in [1.165, 1.54) is 94.6 Å². The van der Waals surface area contributed by atoms with E-state index in [-0.39, 0.29) is 0 Å². The third-order valence-electron chi connectivity index (χ3n) is 5.66.